The number of amides is 1. The number of esters is 1. The Balaban J connectivity index is 1.41. The average molecular weight is 543 g/mol. The molecule has 37 heavy (non-hydrogen) atoms. The standard InChI is InChI=1S/C27H34N4O4S2/c1-5-34-26(33)23-20-9-7-6-8-10-21(20)37-25(23)28-22(32)16-36-27-30-29-24(31(27)4)18-11-13-19(14-12-18)35-15-17(2)3/h11-14,17H,5-10,15-16H2,1-4H3,(H,28,32). The Morgan fingerprint density at radius 1 is 1.14 bits per heavy atom. The molecule has 0 saturated carbocycles. The predicted molar refractivity (Wildman–Crippen MR) is 148 cm³/mol. The number of thiophene rings is 1. The molecule has 0 spiro atoms. The number of aryl methyl sites for hydroxylation is 1. The quantitative estimate of drug-likeness (QED) is 0.198. The van der Waals surface area contributed by atoms with Crippen molar-refractivity contribution in [3.63, 3.8) is 0 Å². The zero-order valence-electron chi connectivity index (χ0n) is 21.8. The van der Waals surface area contributed by atoms with Gasteiger partial charge in [0, 0.05) is 17.5 Å². The van der Waals surface area contributed by atoms with Gasteiger partial charge in [-0.2, -0.15) is 0 Å². The van der Waals surface area contributed by atoms with Crippen molar-refractivity contribution in [1.29, 1.82) is 0 Å². The molecule has 198 valence electrons. The van der Waals surface area contributed by atoms with Crippen LogP contribution in [0.15, 0.2) is 29.4 Å². The van der Waals surface area contributed by atoms with Crippen LogP contribution in [-0.2, 0) is 29.4 Å². The Kier molecular flexibility index (Phi) is 9.26. The fourth-order valence-electron chi connectivity index (χ4n) is 4.20. The molecule has 0 atom stereocenters. The first-order valence-corrected chi connectivity index (χ1v) is 14.5. The Morgan fingerprint density at radius 3 is 2.62 bits per heavy atom. The Bertz CT molecular complexity index is 1230. The molecule has 0 bridgehead atoms. The maximum atomic E-state index is 12.9. The van der Waals surface area contributed by atoms with Crippen LogP contribution in [0.3, 0.4) is 0 Å². The Morgan fingerprint density at radius 2 is 1.89 bits per heavy atom. The van der Waals surface area contributed by atoms with Gasteiger partial charge < -0.3 is 19.4 Å². The number of ether oxygens (including phenoxy) is 2. The summed E-state index contributed by atoms with van der Waals surface area (Å²) in [5.41, 5.74) is 2.49. The number of thioether (sulfide) groups is 1. The van der Waals surface area contributed by atoms with Crippen molar-refractivity contribution in [3.8, 4) is 17.1 Å². The topological polar surface area (TPSA) is 95.3 Å². The van der Waals surface area contributed by atoms with Gasteiger partial charge in [0.05, 0.1) is 24.5 Å². The lowest BCUT2D eigenvalue weighted by atomic mass is 10.1. The molecule has 1 N–H and O–H groups in total. The van der Waals surface area contributed by atoms with Gasteiger partial charge in [-0.1, -0.05) is 32.0 Å². The van der Waals surface area contributed by atoms with Gasteiger partial charge in [0.15, 0.2) is 11.0 Å². The summed E-state index contributed by atoms with van der Waals surface area (Å²) in [6.45, 7) is 6.99. The zero-order chi connectivity index (χ0) is 26.4. The molecular formula is C27H34N4O4S2. The highest BCUT2D eigenvalue weighted by Crippen LogP contribution is 2.38. The monoisotopic (exact) mass is 542 g/mol. The molecule has 2 aromatic heterocycles. The molecule has 8 nitrogen and oxygen atoms in total. The molecule has 0 saturated heterocycles. The largest absolute Gasteiger partial charge is 0.493 e. The summed E-state index contributed by atoms with van der Waals surface area (Å²) in [7, 11) is 1.88. The minimum absolute atomic E-state index is 0.152. The van der Waals surface area contributed by atoms with E-state index in [0.717, 1.165) is 49.0 Å². The van der Waals surface area contributed by atoms with Gasteiger partial charge in [0.1, 0.15) is 10.8 Å². The molecule has 2 heterocycles. The molecule has 0 radical (unpaired) electrons. The van der Waals surface area contributed by atoms with Gasteiger partial charge in [-0.05, 0) is 68.4 Å². The Hall–Kier alpha value is -2.85. The molecule has 1 aliphatic rings. The number of benzene rings is 1. The maximum Gasteiger partial charge on any atom is 0.341 e. The third-order valence-electron chi connectivity index (χ3n) is 6.02. The first-order valence-electron chi connectivity index (χ1n) is 12.7. The number of hydrogen-bond acceptors (Lipinski definition) is 8. The summed E-state index contributed by atoms with van der Waals surface area (Å²) in [4.78, 5) is 26.8. The van der Waals surface area contributed by atoms with Gasteiger partial charge in [0.2, 0.25) is 5.91 Å². The van der Waals surface area contributed by atoms with Gasteiger partial charge in [-0.25, -0.2) is 4.79 Å². The van der Waals surface area contributed by atoms with E-state index in [1.165, 1.54) is 28.0 Å². The summed E-state index contributed by atoms with van der Waals surface area (Å²) < 4.78 is 12.9. The molecular weight excluding hydrogens is 508 g/mol. The van der Waals surface area contributed by atoms with Crippen molar-refractivity contribution < 1.29 is 19.1 Å². The van der Waals surface area contributed by atoms with E-state index in [0.29, 0.717) is 40.7 Å². The van der Waals surface area contributed by atoms with E-state index in [1.54, 1.807) is 6.92 Å². The van der Waals surface area contributed by atoms with Crippen LogP contribution in [0.2, 0.25) is 0 Å². The van der Waals surface area contributed by atoms with E-state index in [2.05, 4.69) is 29.4 Å². The van der Waals surface area contributed by atoms with Crippen molar-refractivity contribution in [2.45, 2.75) is 58.0 Å². The molecule has 0 unspecified atom stereocenters. The number of aromatic nitrogens is 3. The van der Waals surface area contributed by atoms with Crippen LogP contribution >= 0.6 is 23.1 Å². The van der Waals surface area contributed by atoms with Gasteiger partial charge in [-0.15, -0.1) is 21.5 Å². The van der Waals surface area contributed by atoms with Crippen LogP contribution in [0.5, 0.6) is 5.75 Å². The lowest BCUT2D eigenvalue weighted by Gasteiger charge is -2.09. The lowest BCUT2D eigenvalue weighted by Crippen LogP contribution is -2.17. The number of carbonyl (C=O) groups excluding carboxylic acids is 2. The van der Waals surface area contributed by atoms with E-state index in [1.807, 2.05) is 35.9 Å². The number of carbonyl (C=O) groups is 2. The SMILES string of the molecule is CCOC(=O)c1c(NC(=O)CSc2nnc(-c3ccc(OCC(C)C)cc3)n2C)sc2c1CCCCC2. The highest BCUT2D eigenvalue weighted by atomic mass is 32.2. The second-order valence-electron chi connectivity index (χ2n) is 9.42. The fraction of sp³-hybridized carbons (Fsp3) is 0.481. The van der Waals surface area contributed by atoms with Crippen LogP contribution in [0.1, 0.15) is 60.8 Å². The van der Waals surface area contributed by atoms with Crippen molar-refractivity contribution in [2.24, 2.45) is 13.0 Å². The van der Waals surface area contributed by atoms with Crippen molar-refractivity contribution in [3.05, 3.63) is 40.3 Å². The highest BCUT2D eigenvalue weighted by Gasteiger charge is 2.26. The summed E-state index contributed by atoms with van der Waals surface area (Å²) >= 11 is 2.81. The van der Waals surface area contributed by atoms with E-state index in [4.69, 9.17) is 9.47 Å². The normalized spacial score (nSPS) is 13.2. The highest BCUT2D eigenvalue weighted by molar-refractivity contribution is 7.99. The number of anilines is 1. The lowest BCUT2D eigenvalue weighted by molar-refractivity contribution is -0.113. The second kappa shape index (κ2) is 12.6. The third-order valence-corrected chi connectivity index (χ3v) is 8.24. The van der Waals surface area contributed by atoms with E-state index >= 15 is 0 Å². The smallest absolute Gasteiger partial charge is 0.341 e. The van der Waals surface area contributed by atoms with Gasteiger partial charge in [-0.3, -0.25) is 4.79 Å². The number of nitrogens with one attached hydrogen (secondary N) is 1. The second-order valence-corrected chi connectivity index (χ2v) is 11.5. The summed E-state index contributed by atoms with van der Waals surface area (Å²) in [5.74, 6) is 1.59. The fourth-order valence-corrected chi connectivity index (χ4v) is 6.20. The number of hydrogen-bond donors (Lipinski definition) is 1. The molecule has 4 rings (SSSR count). The predicted octanol–water partition coefficient (Wildman–Crippen LogP) is 5.75. The summed E-state index contributed by atoms with van der Waals surface area (Å²) in [5, 5.41) is 12.8. The number of rotatable bonds is 10. The zero-order valence-corrected chi connectivity index (χ0v) is 23.5. The number of fused-ring (bicyclic) bond motifs is 1. The van der Waals surface area contributed by atoms with Crippen molar-refractivity contribution in [1.82, 2.24) is 14.8 Å². The van der Waals surface area contributed by atoms with Crippen LogP contribution in [0.25, 0.3) is 11.4 Å². The van der Waals surface area contributed by atoms with Gasteiger partial charge in [0.25, 0.3) is 0 Å². The maximum absolute atomic E-state index is 12.9. The first-order chi connectivity index (χ1) is 17.9. The molecule has 3 aromatic rings. The Labute approximate surface area is 226 Å². The average Bonchev–Trinajstić information content (AvgIpc) is 3.32. The minimum Gasteiger partial charge on any atom is -0.493 e. The van der Waals surface area contributed by atoms with E-state index < -0.39 is 0 Å². The molecule has 1 aliphatic carbocycles. The summed E-state index contributed by atoms with van der Waals surface area (Å²) in [6, 6.07) is 7.77. The first kappa shape index (κ1) is 27.2. The molecule has 0 fully saturated rings. The van der Waals surface area contributed by atoms with Crippen LogP contribution in [0.4, 0.5) is 5.00 Å². The molecule has 0 aliphatic heterocycles. The van der Waals surface area contributed by atoms with E-state index in [9.17, 15) is 9.59 Å². The van der Waals surface area contributed by atoms with Crippen molar-refractivity contribution >= 4 is 40.0 Å². The van der Waals surface area contributed by atoms with Crippen molar-refractivity contribution in [2.75, 3.05) is 24.3 Å². The molecule has 1 aromatic carbocycles. The third kappa shape index (κ3) is 6.73. The van der Waals surface area contributed by atoms with Crippen LogP contribution in [0, 0.1) is 5.92 Å². The molecule has 1 amide bonds. The molecule has 10 heteroatoms. The minimum atomic E-state index is -0.358. The van der Waals surface area contributed by atoms with E-state index in [-0.39, 0.29) is 17.6 Å². The van der Waals surface area contributed by atoms with Gasteiger partial charge >= 0.3 is 5.97 Å². The van der Waals surface area contributed by atoms with Crippen LogP contribution in [-0.4, -0.2) is 45.6 Å². The van der Waals surface area contributed by atoms with Crippen LogP contribution < -0.4 is 10.1 Å². The summed E-state index contributed by atoms with van der Waals surface area (Å²) in [6.07, 6.45) is 5.07. The number of nitrogens with zero attached hydrogens (tertiary/aromatic N) is 3.